The Morgan fingerprint density at radius 2 is 1.77 bits per heavy atom. The van der Waals surface area contributed by atoms with Crippen LogP contribution in [0, 0.1) is 11.3 Å². The molecule has 1 aliphatic carbocycles. The van der Waals surface area contributed by atoms with E-state index in [1.807, 2.05) is 25.1 Å². The van der Waals surface area contributed by atoms with Crippen LogP contribution in [0.2, 0.25) is 0 Å². The third-order valence-electron chi connectivity index (χ3n) is 13.7. The van der Waals surface area contributed by atoms with Crippen LogP contribution in [0.3, 0.4) is 0 Å². The highest BCUT2D eigenvalue weighted by Gasteiger charge is 2.40. The van der Waals surface area contributed by atoms with Gasteiger partial charge in [0.1, 0.15) is 36.0 Å². The summed E-state index contributed by atoms with van der Waals surface area (Å²) in [6, 6.07) is 12.5. The molecule has 1 saturated heterocycles. The molecule has 1 saturated carbocycles. The number of benzene rings is 2. The van der Waals surface area contributed by atoms with Crippen LogP contribution in [-0.2, 0) is 52.8 Å². The van der Waals surface area contributed by atoms with Crippen LogP contribution in [0.15, 0.2) is 54.7 Å². The normalized spacial score (nSPS) is 19.9. The molecule has 4 aromatic rings. The number of phenolic OH excluding ortho intramolecular Hbond substituents is 1. The third kappa shape index (κ3) is 11.6. The van der Waals surface area contributed by atoms with Crippen molar-refractivity contribution in [2.75, 3.05) is 40.9 Å². The minimum absolute atomic E-state index is 0.0153. The summed E-state index contributed by atoms with van der Waals surface area (Å²) < 4.78 is 19.7. The van der Waals surface area contributed by atoms with Crippen molar-refractivity contribution in [3.63, 3.8) is 0 Å². The highest BCUT2D eigenvalue weighted by molar-refractivity contribution is 5.96. The van der Waals surface area contributed by atoms with Gasteiger partial charge in [0.25, 0.3) is 5.91 Å². The largest absolute Gasteiger partial charge is 0.508 e. The molecule has 0 spiro atoms. The average molecular weight is 950 g/mol. The van der Waals surface area contributed by atoms with Crippen molar-refractivity contribution in [3.05, 3.63) is 71.5 Å². The van der Waals surface area contributed by atoms with Crippen LogP contribution in [0.5, 0.6) is 5.75 Å². The predicted molar refractivity (Wildman–Crippen MR) is 263 cm³/mol. The fourth-order valence-electron chi connectivity index (χ4n) is 10.2. The third-order valence-corrected chi connectivity index (χ3v) is 13.7. The molecular formula is C53H71N7O9. The average Bonchev–Trinajstić information content (AvgIpc) is 3.95. The minimum atomic E-state index is -1.18. The molecule has 16 nitrogen and oxygen atoms in total. The Hall–Kier alpha value is -6.00. The fourth-order valence-corrected chi connectivity index (χ4v) is 10.2. The quantitative estimate of drug-likeness (QED) is 0.135. The van der Waals surface area contributed by atoms with Crippen molar-refractivity contribution in [3.8, 4) is 28.1 Å². The molecule has 3 N–H and O–H groups in total. The monoisotopic (exact) mass is 950 g/mol. The predicted octanol–water partition coefficient (Wildman–Crippen LogP) is 7.34. The maximum absolute atomic E-state index is 14.8. The number of aryl methyl sites for hydroxylation is 1. The van der Waals surface area contributed by atoms with E-state index in [4.69, 9.17) is 19.2 Å². The molecule has 69 heavy (non-hydrogen) atoms. The second kappa shape index (κ2) is 20.9. The van der Waals surface area contributed by atoms with Crippen molar-refractivity contribution in [1.29, 1.82) is 0 Å². The highest BCUT2D eigenvalue weighted by Crippen LogP contribution is 2.42. The first-order valence-electron chi connectivity index (χ1n) is 24.4. The first kappa shape index (κ1) is 50.9. The molecule has 6 bridgehead atoms. The Morgan fingerprint density at radius 1 is 1.03 bits per heavy atom. The van der Waals surface area contributed by atoms with Crippen LogP contribution in [0.4, 0.5) is 4.79 Å². The van der Waals surface area contributed by atoms with Crippen molar-refractivity contribution in [2.45, 2.75) is 136 Å². The van der Waals surface area contributed by atoms with Crippen LogP contribution < -0.4 is 10.7 Å². The number of rotatable bonds is 10. The van der Waals surface area contributed by atoms with Gasteiger partial charge >= 0.3 is 12.1 Å². The number of pyridine rings is 1. The molecule has 4 amide bonds. The molecule has 4 atom stereocenters. The van der Waals surface area contributed by atoms with Crippen LogP contribution in [0.1, 0.15) is 110 Å². The smallest absolute Gasteiger partial charge is 0.410 e. The van der Waals surface area contributed by atoms with Gasteiger partial charge in [0.05, 0.1) is 24.1 Å². The Balaban J connectivity index is 1.30. The van der Waals surface area contributed by atoms with Gasteiger partial charge in [-0.3, -0.25) is 29.2 Å². The molecule has 2 aliphatic heterocycles. The summed E-state index contributed by atoms with van der Waals surface area (Å²) in [5.74, 6) is -2.15. The maximum atomic E-state index is 14.8. The number of aromatic hydroxyl groups is 1. The number of aromatic nitrogens is 2. The van der Waals surface area contributed by atoms with Gasteiger partial charge < -0.3 is 39.0 Å². The number of hydrogen-bond donors (Lipinski definition) is 3. The second-order valence-electron chi connectivity index (χ2n) is 20.9. The number of cyclic esters (lactones) is 1. The van der Waals surface area contributed by atoms with E-state index in [1.54, 1.807) is 53.3 Å². The number of nitrogens with one attached hydrogen (secondary N) is 2. The molecule has 2 aromatic carbocycles. The van der Waals surface area contributed by atoms with Crippen molar-refractivity contribution >= 4 is 40.7 Å². The zero-order valence-corrected chi connectivity index (χ0v) is 42.0. The standard InChI is InChI=1S/C53H71N7O9/c1-11-59-43-21-20-35-28-39(43)40(47(59)38-18-14-22-54-45(38)32(2)67-10)29-53(6,7)31-68-50(65)41-19-15-23-60(56-41)49(64)42(26-33-24-36(35)27-37(61)25-33)55-48(63)46(34-16-12-13-17-34)58(9)44(62)30-57(8)51(66)69-52(3,4)5/h14,18,20-22,24-25,27-28,32,34,41-42,46,56,61H,11-13,15-17,19,23,26,29-31H2,1-10H3,(H,55,63)/t32-,41-,42-,46-/m0/s1. The first-order valence-corrected chi connectivity index (χ1v) is 24.4. The fraction of sp³-hybridized carbons (Fsp3) is 0.547. The Kier molecular flexibility index (Phi) is 15.4. The summed E-state index contributed by atoms with van der Waals surface area (Å²) in [5.41, 5.74) is 8.75. The molecule has 2 fully saturated rings. The molecule has 3 aliphatic rings. The zero-order valence-electron chi connectivity index (χ0n) is 42.0. The first-order chi connectivity index (χ1) is 32.7. The number of methoxy groups -OCH3 is 1. The molecule has 7 rings (SSSR count). The van der Waals surface area contributed by atoms with E-state index >= 15 is 0 Å². The number of esters is 1. The van der Waals surface area contributed by atoms with E-state index < -0.39 is 58.9 Å². The number of hydrazine groups is 1. The highest BCUT2D eigenvalue weighted by atomic mass is 16.6. The van der Waals surface area contributed by atoms with Crippen molar-refractivity contribution in [2.24, 2.45) is 11.3 Å². The Bertz CT molecular complexity index is 2560. The number of amides is 4. The Labute approximate surface area is 406 Å². The molecule has 0 unspecified atom stereocenters. The van der Waals surface area contributed by atoms with Gasteiger partial charge in [-0.15, -0.1) is 0 Å². The number of fused-ring (bicyclic) bond motifs is 6. The van der Waals surface area contributed by atoms with E-state index in [2.05, 4.69) is 54.3 Å². The zero-order chi connectivity index (χ0) is 49.9. The van der Waals surface area contributed by atoms with E-state index in [-0.39, 0.29) is 43.9 Å². The van der Waals surface area contributed by atoms with Gasteiger partial charge in [0.2, 0.25) is 11.8 Å². The lowest BCUT2D eigenvalue weighted by Crippen LogP contribution is -2.62. The minimum Gasteiger partial charge on any atom is -0.508 e. The van der Waals surface area contributed by atoms with Crippen LogP contribution >= 0.6 is 0 Å². The number of hydrogen-bond acceptors (Lipinski definition) is 11. The van der Waals surface area contributed by atoms with E-state index in [1.165, 1.54) is 21.9 Å². The number of likely N-dealkylation sites (N-methyl/N-ethyl adjacent to an activating group) is 2. The molecule has 2 aromatic heterocycles. The summed E-state index contributed by atoms with van der Waals surface area (Å²) in [5, 5.41) is 16.8. The number of carbonyl (C=O) groups excluding carboxylic acids is 5. The van der Waals surface area contributed by atoms with Crippen LogP contribution in [-0.4, -0.2) is 124 Å². The number of phenols is 1. The summed E-state index contributed by atoms with van der Waals surface area (Å²) >= 11 is 0. The van der Waals surface area contributed by atoms with Crippen molar-refractivity contribution in [1.82, 2.24) is 35.1 Å². The lowest BCUT2D eigenvalue weighted by molar-refractivity contribution is -0.155. The van der Waals surface area contributed by atoms with Gasteiger partial charge in [-0.2, -0.15) is 0 Å². The molecule has 16 heteroatoms. The van der Waals surface area contributed by atoms with E-state index in [0.717, 1.165) is 51.8 Å². The number of ether oxygens (including phenoxy) is 3. The van der Waals surface area contributed by atoms with Crippen LogP contribution in [0.25, 0.3) is 33.3 Å². The summed E-state index contributed by atoms with van der Waals surface area (Å²) in [7, 11) is 4.70. The van der Waals surface area contributed by atoms with Gasteiger partial charge in [-0.25, -0.2) is 10.2 Å². The van der Waals surface area contributed by atoms with E-state index in [0.29, 0.717) is 49.8 Å². The van der Waals surface area contributed by atoms with Crippen molar-refractivity contribution < 1.29 is 43.3 Å². The summed E-state index contributed by atoms with van der Waals surface area (Å²) in [4.78, 5) is 77.7. The topological polar surface area (TPSA) is 185 Å². The summed E-state index contributed by atoms with van der Waals surface area (Å²) in [6.07, 6.45) is 5.43. The molecule has 372 valence electrons. The lowest BCUT2D eigenvalue weighted by Gasteiger charge is -2.37. The van der Waals surface area contributed by atoms with E-state index in [9.17, 15) is 29.1 Å². The van der Waals surface area contributed by atoms with Gasteiger partial charge in [0, 0.05) is 68.8 Å². The maximum Gasteiger partial charge on any atom is 0.410 e. The molecular weight excluding hydrogens is 879 g/mol. The summed E-state index contributed by atoms with van der Waals surface area (Å²) in [6.45, 7) is 14.2. The SMILES string of the molecule is CCn1c(-c2cccnc2[C@H](C)OC)c2c3cc(ccc31)-c1cc(O)cc(c1)C[C@H](NC(=O)[C@H](C1CCCC1)N(C)C(=O)CN(C)C(=O)OC(C)(C)C)C(=O)N1CCC[C@H](N1)C(=O)OCC(C)(C)C2. The molecule has 0 radical (unpaired) electrons. The Morgan fingerprint density at radius 3 is 2.46 bits per heavy atom. The second-order valence-corrected chi connectivity index (χ2v) is 20.9. The molecule has 4 heterocycles. The lowest BCUT2D eigenvalue weighted by atomic mass is 9.84. The number of nitrogens with zero attached hydrogens (tertiary/aromatic N) is 5. The van der Waals surface area contributed by atoms with Gasteiger partial charge in [-0.05, 0) is 131 Å². The van der Waals surface area contributed by atoms with Gasteiger partial charge in [-0.1, -0.05) is 38.8 Å². The van der Waals surface area contributed by atoms with Gasteiger partial charge in [0.15, 0.2) is 0 Å². The number of carbonyl (C=O) groups is 5.